The molecule has 4 nitrogen and oxygen atoms in total. The van der Waals surface area contributed by atoms with Crippen LogP contribution in [0.25, 0.3) is 0 Å². The number of hydrogen-bond donors (Lipinski definition) is 2. The van der Waals surface area contributed by atoms with Crippen molar-refractivity contribution in [2.45, 2.75) is 38.4 Å². The van der Waals surface area contributed by atoms with E-state index in [-0.39, 0.29) is 6.61 Å². The Balaban J connectivity index is 4.05. The molecule has 0 bridgehead atoms. The molecule has 0 aromatic heterocycles. The molecule has 102 valence electrons. The zero-order valence-corrected chi connectivity index (χ0v) is 10.1. The molecule has 0 aromatic rings. The molecule has 3 N–H and O–H groups in total. The number of nitrogens with two attached hydrogens (primary N) is 1. The molecular formula is C10H19F3N2O2. The summed E-state index contributed by atoms with van der Waals surface area (Å²) in [7, 11) is 0. The fraction of sp³-hybridized carbons (Fsp3) is 0.900. The summed E-state index contributed by atoms with van der Waals surface area (Å²) in [6.45, 7) is 3.32. The van der Waals surface area contributed by atoms with Crippen LogP contribution in [0.1, 0.15) is 26.7 Å². The molecule has 0 radical (unpaired) electrons. The first kappa shape index (κ1) is 16.2. The zero-order valence-electron chi connectivity index (χ0n) is 10.1. The van der Waals surface area contributed by atoms with E-state index in [9.17, 15) is 18.0 Å². The van der Waals surface area contributed by atoms with Crippen molar-refractivity contribution in [2.75, 3.05) is 19.8 Å². The van der Waals surface area contributed by atoms with Crippen LogP contribution in [0.2, 0.25) is 0 Å². The molecule has 7 heteroatoms. The van der Waals surface area contributed by atoms with Crippen LogP contribution < -0.4 is 11.1 Å². The van der Waals surface area contributed by atoms with E-state index in [0.717, 1.165) is 6.42 Å². The molecule has 0 aliphatic heterocycles. The van der Waals surface area contributed by atoms with Gasteiger partial charge in [0, 0.05) is 0 Å². The zero-order chi connectivity index (χ0) is 13.5. The van der Waals surface area contributed by atoms with Gasteiger partial charge < -0.3 is 15.8 Å². The quantitative estimate of drug-likeness (QED) is 0.641. The fourth-order valence-corrected chi connectivity index (χ4v) is 1.07. The van der Waals surface area contributed by atoms with E-state index < -0.39 is 30.7 Å². The van der Waals surface area contributed by atoms with Crippen LogP contribution >= 0.6 is 0 Å². The van der Waals surface area contributed by atoms with Crippen LogP contribution in [0.3, 0.4) is 0 Å². The van der Waals surface area contributed by atoms with Gasteiger partial charge >= 0.3 is 6.18 Å². The van der Waals surface area contributed by atoms with E-state index in [1.807, 2.05) is 6.92 Å². The average Bonchev–Trinajstić information content (AvgIpc) is 2.20. The second kappa shape index (κ2) is 6.80. The molecule has 0 aliphatic rings. The number of rotatable bonds is 8. The van der Waals surface area contributed by atoms with Crippen LogP contribution in [-0.2, 0) is 9.53 Å². The summed E-state index contributed by atoms with van der Waals surface area (Å²) in [5, 5.41) is 2.86. The molecule has 0 heterocycles. The van der Waals surface area contributed by atoms with Crippen molar-refractivity contribution in [3.05, 3.63) is 0 Å². The highest BCUT2D eigenvalue weighted by atomic mass is 19.4. The molecule has 0 aliphatic carbocycles. The summed E-state index contributed by atoms with van der Waals surface area (Å²) >= 11 is 0. The van der Waals surface area contributed by atoms with Crippen molar-refractivity contribution in [3.8, 4) is 0 Å². The number of ether oxygens (including phenoxy) is 1. The normalized spacial score (nSPS) is 15.6. The van der Waals surface area contributed by atoms with Crippen molar-refractivity contribution in [2.24, 2.45) is 5.73 Å². The lowest BCUT2D eigenvalue weighted by Gasteiger charge is -2.27. The van der Waals surface area contributed by atoms with Gasteiger partial charge in [-0.25, -0.2) is 0 Å². The molecule has 17 heavy (non-hydrogen) atoms. The topological polar surface area (TPSA) is 64.3 Å². The summed E-state index contributed by atoms with van der Waals surface area (Å²) in [6.07, 6.45) is -4.50. The Hall–Kier alpha value is -0.820. The van der Waals surface area contributed by atoms with Gasteiger partial charge in [0.15, 0.2) is 0 Å². The van der Waals surface area contributed by atoms with Crippen LogP contribution in [0, 0.1) is 0 Å². The SMILES string of the molecule is CCCNC(C)(COCCC(F)(F)F)C(N)=O. The maximum absolute atomic E-state index is 11.8. The first-order chi connectivity index (χ1) is 7.71. The van der Waals surface area contributed by atoms with Crippen molar-refractivity contribution in [3.63, 3.8) is 0 Å². The van der Waals surface area contributed by atoms with E-state index in [0.29, 0.717) is 6.54 Å². The molecule has 0 aromatic carbocycles. The Labute approximate surface area is 98.7 Å². The Kier molecular flexibility index (Phi) is 6.48. The third-order valence-electron chi connectivity index (χ3n) is 2.23. The predicted octanol–water partition coefficient (Wildman–Crippen LogP) is 1.20. The minimum absolute atomic E-state index is 0.168. The van der Waals surface area contributed by atoms with E-state index >= 15 is 0 Å². The smallest absolute Gasteiger partial charge is 0.379 e. The standard InChI is InChI=1S/C10H19F3N2O2/c1-3-5-15-9(2,8(14)16)7-17-6-4-10(11,12)13/h15H,3-7H2,1-2H3,(H2,14,16). The largest absolute Gasteiger partial charge is 0.391 e. The van der Waals surface area contributed by atoms with E-state index in [2.05, 4.69) is 5.32 Å². The maximum atomic E-state index is 11.8. The molecule has 0 rings (SSSR count). The third-order valence-corrected chi connectivity index (χ3v) is 2.23. The van der Waals surface area contributed by atoms with E-state index in [4.69, 9.17) is 10.5 Å². The number of alkyl halides is 3. The minimum atomic E-state index is -4.25. The second-order valence-electron chi connectivity index (χ2n) is 4.04. The van der Waals surface area contributed by atoms with E-state index in [1.54, 1.807) is 0 Å². The van der Waals surface area contributed by atoms with Gasteiger partial charge in [-0.05, 0) is 19.9 Å². The van der Waals surface area contributed by atoms with Crippen LogP contribution in [0.4, 0.5) is 13.2 Å². The molecule has 1 unspecified atom stereocenters. The molecule has 1 atom stereocenters. The van der Waals surface area contributed by atoms with Crippen molar-refractivity contribution in [1.82, 2.24) is 5.32 Å². The number of halogens is 3. The van der Waals surface area contributed by atoms with Gasteiger partial charge in [-0.1, -0.05) is 6.92 Å². The van der Waals surface area contributed by atoms with Gasteiger partial charge in [0.05, 0.1) is 19.6 Å². The molecule has 0 saturated heterocycles. The van der Waals surface area contributed by atoms with Gasteiger partial charge in [-0.15, -0.1) is 0 Å². The monoisotopic (exact) mass is 256 g/mol. The van der Waals surface area contributed by atoms with Gasteiger partial charge in [0.25, 0.3) is 0 Å². The van der Waals surface area contributed by atoms with Gasteiger partial charge in [0.1, 0.15) is 5.54 Å². The lowest BCUT2D eigenvalue weighted by atomic mass is 10.0. The van der Waals surface area contributed by atoms with Crippen molar-refractivity contribution in [1.29, 1.82) is 0 Å². The highest BCUT2D eigenvalue weighted by Crippen LogP contribution is 2.19. The number of amides is 1. The summed E-state index contributed by atoms with van der Waals surface area (Å²) in [5.41, 5.74) is 4.05. The third kappa shape index (κ3) is 7.17. The summed E-state index contributed by atoms with van der Waals surface area (Å²) in [5.74, 6) is -0.641. The summed E-state index contributed by atoms with van der Waals surface area (Å²) in [6, 6.07) is 0. The Morgan fingerprint density at radius 3 is 2.41 bits per heavy atom. The second-order valence-corrected chi connectivity index (χ2v) is 4.04. The Morgan fingerprint density at radius 2 is 2.00 bits per heavy atom. The Morgan fingerprint density at radius 1 is 1.41 bits per heavy atom. The van der Waals surface area contributed by atoms with Crippen LogP contribution in [0.5, 0.6) is 0 Å². The number of nitrogens with one attached hydrogen (secondary N) is 1. The molecule has 0 fully saturated rings. The van der Waals surface area contributed by atoms with Crippen LogP contribution in [0.15, 0.2) is 0 Å². The highest BCUT2D eigenvalue weighted by molar-refractivity contribution is 5.84. The first-order valence-corrected chi connectivity index (χ1v) is 5.40. The highest BCUT2D eigenvalue weighted by Gasteiger charge is 2.32. The number of carbonyl (C=O) groups excluding carboxylic acids is 1. The minimum Gasteiger partial charge on any atom is -0.379 e. The summed E-state index contributed by atoms with van der Waals surface area (Å²) < 4.78 is 40.4. The Bertz CT molecular complexity index is 246. The number of primary amides is 1. The van der Waals surface area contributed by atoms with Gasteiger partial charge in [-0.3, -0.25) is 4.79 Å². The molecule has 1 amide bonds. The fourth-order valence-electron chi connectivity index (χ4n) is 1.07. The lowest BCUT2D eigenvalue weighted by molar-refractivity contribution is -0.147. The van der Waals surface area contributed by atoms with Crippen molar-refractivity contribution < 1.29 is 22.7 Å². The lowest BCUT2D eigenvalue weighted by Crippen LogP contribution is -2.56. The van der Waals surface area contributed by atoms with Crippen LogP contribution in [-0.4, -0.2) is 37.4 Å². The molecule has 0 spiro atoms. The first-order valence-electron chi connectivity index (χ1n) is 5.40. The summed E-state index contributed by atoms with van der Waals surface area (Å²) in [4.78, 5) is 11.2. The molecular weight excluding hydrogens is 237 g/mol. The number of carbonyl (C=O) groups is 1. The van der Waals surface area contributed by atoms with E-state index in [1.165, 1.54) is 6.92 Å². The maximum Gasteiger partial charge on any atom is 0.391 e. The average molecular weight is 256 g/mol. The van der Waals surface area contributed by atoms with Gasteiger partial charge in [0.2, 0.25) is 5.91 Å². The van der Waals surface area contributed by atoms with Crippen molar-refractivity contribution >= 4 is 5.91 Å². The number of hydrogen-bond acceptors (Lipinski definition) is 3. The van der Waals surface area contributed by atoms with Gasteiger partial charge in [-0.2, -0.15) is 13.2 Å². The predicted molar refractivity (Wildman–Crippen MR) is 57.4 cm³/mol. The molecule has 0 saturated carbocycles.